The van der Waals surface area contributed by atoms with Gasteiger partial charge in [0.25, 0.3) is 0 Å². The van der Waals surface area contributed by atoms with Crippen molar-refractivity contribution in [3.8, 4) is 0 Å². The molecule has 0 radical (unpaired) electrons. The first kappa shape index (κ1) is 11.3. The zero-order valence-corrected chi connectivity index (χ0v) is 11.4. The minimum atomic E-state index is 0.556. The van der Waals surface area contributed by atoms with Crippen molar-refractivity contribution in [3.05, 3.63) is 35.9 Å². The summed E-state index contributed by atoms with van der Waals surface area (Å²) in [6.07, 6.45) is 5.67. The van der Waals surface area contributed by atoms with Crippen LogP contribution in [0.3, 0.4) is 0 Å². The first-order valence-corrected chi connectivity index (χ1v) is 7.10. The molecule has 2 bridgehead atoms. The second kappa shape index (κ2) is 3.60. The van der Waals surface area contributed by atoms with Gasteiger partial charge in [-0.15, -0.1) is 0 Å². The fourth-order valence-corrected chi connectivity index (χ4v) is 4.69. The third-order valence-corrected chi connectivity index (χ3v) is 6.17. The molecule has 3 unspecified atom stereocenters. The van der Waals surface area contributed by atoms with Crippen molar-refractivity contribution < 1.29 is 0 Å². The second-order valence-corrected chi connectivity index (χ2v) is 6.92. The number of hydrogen-bond donors (Lipinski definition) is 0. The predicted octanol–water partition coefficient (Wildman–Crippen LogP) is 4.69. The molecule has 92 valence electrons. The van der Waals surface area contributed by atoms with Crippen LogP contribution in [0.5, 0.6) is 0 Å². The molecule has 0 saturated heterocycles. The van der Waals surface area contributed by atoms with E-state index in [0.29, 0.717) is 10.8 Å². The summed E-state index contributed by atoms with van der Waals surface area (Å²) in [4.78, 5) is 0. The Balaban J connectivity index is 1.90. The van der Waals surface area contributed by atoms with Gasteiger partial charge >= 0.3 is 0 Å². The van der Waals surface area contributed by atoms with Gasteiger partial charge in [0.1, 0.15) is 0 Å². The third kappa shape index (κ3) is 1.42. The van der Waals surface area contributed by atoms with Crippen LogP contribution in [0, 0.1) is 22.7 Å². The zero-order chi connectivity index (χ0) is 12.1. The molecule has 3 atom stereocenters. The predicted molar refractivity (Wildman–Crippen MR) is 72.9 cm³/mol. The molecule has 1 aromatic rings. The Hall–Kier alpha value is -0.780. The Morgan fingerprint density at radius 2 is 1.82 bits per heavy atom. The summed E-state index contributed by atoms with van der Waals surface area (Å²) < 4.78 is 0. The van der Waals surface area contributed by atoms with Crippen molar-refractivity contribution in [1.29, 1.82) is 0 Å². The molecule has 0 aromatic heterocycles. The Morgan fingerprint density at radius 1 is 1.12 bits per heavy atom. The molecule has 0 nitrogen and oxygen atoms in total. The van der Waals surface area contributed by atoms with Gasteiger partial charge in [0, 0.05) is 0 Å². The van der Waals surface area contributed by atoms with E-state index in [1.165, 1.54) is 31.2 Å². The molecule has 0 heteroatoms. The van der Waals surface area contributed by atoms with E-state index in [4.69, 9.17) is 0 Å². The lowest BCUT2D eigenvalue weighted by molar-refractivity contribution is -0.193. The van der Waals surface area contributed by atoms with Gasteiger partial charge in [-0.2, -0.15) is 0 Å². The summed E-state index contributed by atoms with van der Waals surface area (Å²) in [5.41, 5.74) is 2.67. The molecule has 0 amide bonds. The highest BCUT2D eigenvalue weighted by Gasteiger charge is 2.63. The van der Waals surface area contributed by atoms with Crippen LogP contribution in [0.2, 0.25) is 0 Å². The molecular formula is C17H24. The van der Waals surface area contributed by atoms with Crippen molar-refractivity contribution in [3.63, 3.8) is 0 Å². The summed E-state index contributed by atoms with van der Waals surface area (Å²) in [6, 6.07) is 11.1. The summed E-state index contributed by atoms with van der Waals surface area (Å²) >= 11 is 0. The number of benzene rings is 1. The molecule has 17 heavy (non-hydrogen) atoms. The monoisotopic (exact) mass is 228 g/mol. The van der Waals surface area contributed by atoms with Gasteiger partial charge in [0.15, 0.2) is 0 Å². The maximum absolute atomic E-state index is 2.51. The maximum Gasteiger partial charge on any atom is -0.0175 e. The fraction of sp³-hybridized carbons (Fsp3) is 0.647. The van der Waals surface area contributed by atoms with Crippen LogP contribution in [0.25, 0.3) is 0 Å². The quantitative estimate of drug-likeness (QED) is 0.688. The molecule has 3 aliphatic carbocycles. The Kier molecular flexibility index (Phi) is 2.40. The summed E-state index contributed by atoms with van der Waals surface area (Å²) in [6.45, 7) is 7.51. The SMILES string of the molecule is CC1CCC2CC1(Cc1ccccc1)C2(C)C. The molecule has 3 aliphatic rings. The van der Waals surface area contributed by atoms with Gasteiger partial charge < -0.3 is 0 Å². The van der Waals surface area contributed by atoms with E-state index in [-0.39, 0.29) is 0 Å². The van der Waals surface area contributed by atoms with Crippen molar-refractivity contribution in [2.75, 3.05) is 0 Å². The van der Waals surface area contributed by atoms with Crippen molar-refractivity contribution in [1.82, 2.24) is 0 Å². The van der Waals surface area contributed by atoms with Crippen LogP contribution >= 0.6 is 0 Å². The third-order valence-electron chi connectivity index (χ3n) is 6.17. The molecule has 0 spiro atoms. The van der Waals surface area contributed by atoms with Gasteiger partial charge in [-0.3, -0.25) is 0 Å². The highest BCUT2D eigenvalue weighted by atomic mass is 14.7. The van der Waals surface area contributed by atoms with Crippen LogP contribution in [0.1, 0.15) is 45.6 Å². The number of hydrogen-bond acceptors (Lipinski definition) is 0. The zero-order valence-electron chi connectivity index (χ0n) is 11.4. The van der Waals surface area contributed by atoms with Crippen molar-refractivity contribution in [2.45, 2.75) is 46.5 Å². The van der Waals surface area contributed by atoms with Crippen LogP contribution in [0.4, 0.5) is 0 Å². The van der Waals surface area contributed by atoms with E-state index < -0.39 is 0 Å². The first-order chi connectivity index (χ1) is 8.06. The van der Waals surface area contributed by atoms with E-state index >= 15 is 0 Å². The highest BCUT2D eigenvalue weighted by molar-refractivity contribution is 5.22. The summed E-state index contributed by atoms with van der Waals surface area (Å²) in [5.74, 6) is 1.88. The Labute approximate surface area is 105 Å². The summed E-state index contributed by atoms with van der Waals surface area (Å²) in [7, 11) is 0. The van der Waals surface area contributed by atoms with Gasteiger partial charge in [0.2, 0.25) is 0 Å². The first-order valence-electron chi connectivity index (χ1n) is 7.10. The van der Waals surface area contributed by atoms with Gasteiger partial charge in [-0.1, -0.05) is 51.1 Å². The Morgan fingerprint density at radius 3 is 2.41 bits per heavy atom. The molecule has 3 fully saturated rings. The number of rotatable bonds is 2. The minimum Gasteiger partial charge on any atom is -0.0622 e. The molecular weight excluding hydrogens is 204 g/mol. The molecule has 1 aromatic carbocycles. The second-order valence-electron chi connectivity index (χ2n) is 6.92. The van der Waals surface area contributed by atoms with Crippen molar-refractivity contribution in [2.24, 2.45) is 22.7 Å². The van der Waals surface area contributed by atoms with E-state index in [2.05, 4.69) is 51.1 Å². The van der Waals surface area contributed by atoms with Crippen LogP contribution < -0.4 is 0 Å². The van der Waals surface area contributed by atoms with E-state index in [0.717, 1.165) is 11.8 Å². The van der Waals surface area contributed by atoms with Crippen molar-refractivity contribution >= 4 is 0 Å². The molecule has 3 saturated carbocycles. The molecule has 0 aliphatic heterocycles. The van der Waals surface area contributed by atoms with Crippen LogP contribution in [-0.2, 0) is 6.42 Å². The lowest BCUT2D eigenvalue weighted by atomic mass is 9.36. The summed E-state index contributed by atoms with van der Waals surface area (Å²) in [5, 5.41) is 0. The average Bonchev–Trinajstić information content (AvgIpc) is 2.32. The highest BCUT2D eigenvalue weighted by Crippen LogP contribution is 2.70. The normalized spacial score (nSPS) is 38.5. The van der Waals surface area contributed by atoms with Gasteiger partial charge in [-0.05, 0) is 53.9 Å². The number of fused-ring (bicyclic) bond motifs is 2. The standard InChI is InChI=1S/C17H24/c1-13-9-10-15-12-17(13,16(15,2)3)11-14-7-5-4-6-8-14/h4-8,13,15H,9-12H2,1-3H3. The van der Waals surface area contributed by atoms with E-state index in [9.17, 15) is 0 Å². The van der Waals surface area contributed by atoms with Crippen LogP contribution in [0.15, 0.2) is 30.3 Å². The molecule has 0 N–H and O–H groups in total. The van der Waals surface area contributed by atoms with Gasteiger partial charge in [0.05, 0.1) is 0 Å². The van der Waals surface area contributed by atoms with Crippen LogP contribution in [-0.4, -0.2) is 0 Å². The largest absolute Gasteiger partial charge is 0.0622 e. The average molecular weight is 228 g/mol. The lowest BCUT2D eigenvalue weighted by Gasteiger charge is -2.69. The van der Waals surface area contributed by atoms with E-state index in [1.54, 1.807) is 0 Å². The lowest BCUT2D eigenvalue weighted by Crippen LogP contribution is -2.62. The molecule has 4 rings (SSSR count). The smallest absolute Gasteiger partial charge is 0.0175 e. The fourth-order valence-electron chi connectivity index (χ4n) is 4.69. The van der Waals surface area contributed by atoms with E-state index in [1.807, 2.05) is 0 Å². The van der Waals surface area contributed by atoms with Gasteiger partial charge in [-0.25, -0.2) is 0 Å². The maximum atomic E-state index is 2.51. The topological polar surface area (TPSA) is 0 Å². The minimum absolute atomic E-state index is 0.556. The molecule has 0 heterocycles. The Bertz CT molecular complexity index is 403.